The Hall–Kier alpha value is -2.73. The zero-order valence-corrected chi connectivity index (χ0v) is 22.6. The second kappa shape index (κ2) is 14.0. The number of amides is 2. The number of hydrogen-bond acceptors (Lipinski definition) is 5. The number of hydrogen-bond donors (Lipinski definition) is 2. The third-order valence-electron chi connectivity index (χ3n) is 4.57. The molecule has 0 saturated carbocycles. The van der Waals surface area contributed by atoms with Crippen LogP contribution in [-0.2, 0) is 9.59 Å². The van der Waals surface area contributed by atoms with Crippen molar-refractivity contribution in [2.24, 2.45) is 11.0 Å². The number of ether oxygens (including phenoxy) is 2. The van der Waals surface area contributed by atoms with Crippen molar-refractivity contribution in [1.82, 2.24) is 10.7 Å². The molecule has 7 nitrogen and oxygen atoms in total. The Labute approximate surface area is 223 Å². The summed E-state index contributed by atoms with van der Waals surface area (Å²) in [4.78, 5) is 25.6. The molecule has 0 fully saturated rings. The summed E-state index contributed by atoms with van der Waals surface area (Å²) in [6.07, 6.45) is 6.19. The van der Waals surface area contributed by atoms with Crippen molar-refractivity contribution in [1.29, 1.82) is 0 Å². The molecule has 0 aliphatic rings. The summed E-state index contributed by atoms with van der Waals surface area (Å²) < 4.78 is 11.9. The molecule has 2 amide bonds. The zero-order valence-electron chi connectivity index (χ0n) is 19.5. The summed E-state index contributed by atoms with van der Waals surface area (Å²) in [6, 6.07) is 9.18. The molecule has 0 saturated heterocycles. The van der Waals surface area contributed by atoms with Crippen molar-refractivity contribution >= 4 is 57.2 Å². The molecule has 0 bridgehead atoms. The number of nitrogens with zero attached hydrogens (tertiary/aromatic N) is 1. The monoisotopic (exact) mass is 581 g/mol. The maximum absolute atomic E-state index is 12.8. The van der Waals surface area contributed by atoms with Gasteiger partial charge in [-0.05, 0) is 55.7 Å². The molecule has 2 rings (SSSR count). The molecule has 35 heavy (non-hydrogen) atoms. The van der Waals surface area contributed by atoms with Crippen LogP contribution in [0, 0.1) is 18.3 Å². The maximum atomic E-state index is 12.8. The third-order valence-corrected chi connectivity index (χ3v) is 5.59. The minimum Gasteiger partial charge on any atom is -0.480 e. The molecule has 0 aliphatic heterocycles. The van der Waals surface area contributed by atoms with Crippen LogP contribution in [0.1, 0.15) is 32.8 Å². The molecule has 2 aromatic rings. The van der Waals surface area contributed by atoms with Crippen LogP contribution in [0.25, 0.3) is 0 Å². The van der Waals surface area contributed by atoms with Gasteiger partial charge in [-0.1, -0.05) is 58.9 Å². The van der Waals surface area contributed by atoms with Crippen LogP contribution < -0.4 is 20.2 Å². The van der Waals surface area contributed by atoms with Crippen molar-refractivity contribution in [2.75, 3.05) is 6.61 Å². The van der Waals surface area contributed by atoms with E-state index in [-0.39, 0.29) is 17.5 Å². The normalized spacial score (nSPS) is 12.6. The quantitative estimate of drug-likeness (QED) is 0.216. The number of hydrazone groups is 1. The Morgan fingerprint density at radius 2 is 1.86 bits per heavy atom. The van der Waals surface area contributed by atoms with Crippen LogP contribution in [0.5, 0.6) is 11.5 Å². The maximum Gasteiger partial charge on any atom is 0.262 e. The Morgan fingerprint density at radius 1 is 1.14 bits per heavy atom. The van der Waals surface area contributed by atoms with E-state index in [9.17, 15) is 9.59 Å². The highest BCUT2D eigenvalue weighted by atomic mass is 79.9. The standard InChI is InChI=1S/C25H26BrCl2N3O4/c1-5-10-34-22-8-6-18(26)12-17(22)14-29-31-25(33)21(11-15(2)3)30-24(32)16(4)35-23-9-7-19(27)13-20(23)28/h1,6-9,12-16,21H,10-11H2,2-4H3,(H,30,32)(H,31,33)/b29-14-/t16-,21+/m0/s1. The Morgan fingerprint density at radius 3 is 2.51 bits per heavy atom. The van der Waals surface area contributed by atoms with Gasteiger partial charge in [0.2, 0.25) is 0 Å². The van der Waals surface area contributed by atoms with Crippen molar-refractivity contribution in [3.8, 4) is 23.8 Å². The lowest BCUT2D eigenvalue weighted by atomic mass is 10.0. The van der Waals surface area contributed by atoms with Crippen LogP contribution >= 0.6 is 39.1 Å². The van der Waals surface area contributed by atoms with E-state index in [1.807, 2.05) is 13.8 Å². The van der Waals surface area contributed by atoms with Gasteiger partial charge in [0.1, 0.15) is 24.1 Å². The van der Waals surface area contributed by atoms with Crippen LogP contribution in [0.3, 0.4) is 0 Å². The van der Waals surface area contributed by atoms with Gasteiger partial charge in [0, 0.05) is 15.1 Å². The number of benzene rings is 2. The SMILES string of the molecule is C#CCOc1ccc(Br)cc1/C=N\NC(=O)[C@@H](CC(C)C)NC(=O)[C@H](C)Oc1ccc(Cl)cc1Cl. The molecule has 186 valence electrons. The van der Waals surface area contributed by atoms with Crippen LogP contribution in [0.4, 0.5) is 0 Å². The molecule has 2 aromatic carbocycles. The minimum atomic E-state index is -0.905. The van der Waals surface area contributed by atoms with E-state index in [1.54, 1.807) is 37.3 Å². The number of carbonyl (C=O) groups excluding carboxylic acids is 2. The number of terminal acetylenes is 1. The van der Waals surface area contributed by atoms with E-state index < -0.39 is 24.0 Å². The summed E-state index contributed by atoms with van der Waals surface area (Å²) in [7, 11) is 0. The highest BCUT2D eigenvalue weighted by molar-refractivity contribution is 9.10. The number of nitrogens with one attached hydrogen (secondary N) is 2. The third kappa shape index (κ3) is 9.44. The first-order valence-electron chi connectivity index (χ1n) is 10.7. The first kappa shape index (κ1) is 28.5. The predicted octanol–water partition coefficient (Wildman–Crippen LogP) is 5.22. The van der Waals surface area contributed by atoms with Crippen molar-refractivity contribution in [3.05, 3.63) is 56.5 Å². The van der Waals surface area contributed by atoms with Gasteiger partial charge >= 0.3 is 0 Å². The average Bonchev–Trinajstić information content (AvgIpc) is 2.79. The lowest BCUT2D eigenvalue weighted by Crippen LogP contribution is -2.49. The van der Waals surface area contributed by atoms with E-state index in [0.717, 1.165) is 4.47 Å². The number of halogens is 3. The van der Waals surface area contributed by atoms with Crippen molar-refractivity contribution < 1.29 is 19.1 Å². The summed E-state index contributed by atoms with van der Waals surface area (Å²) in [6.45, 7) is 5.55. The minimum absolute atomic E-state index is 0.0960. The lowest BCUT2D eigenvalue weighted by molar-refractivity contribution is -0.132. The molecule has 2 N–H and O–H groups in total. The summed E-state index contributed by atoms with van der Waals surface area (Å²) in [5, 5.41) is 7.48. The Balaban J connectivity index is 2.06. The smallest absolute Gasteiger partial charge is 0.262 e. The molecule has 0 heterocycles. The molecule has 0 spiro atoms. The highest BCUT2D eigenvalue weighted by Crippen LogP contribution is 2.28. The van der Waals surface area contributed by atoms with Gasteiger partial charge in [0.15, 0.2) is 6.10 Å². The summed E-state index contributed by atoms with van der Waals surface area (Å²) in [5.41, 5.74) is 3.09. The van der Waals surface area contributed by atoms with Crippen molar-refractivity contribution in [2.45, 2.75) is 39.3 Å². The van der Waals surface area contributed by atoms with Gasteiger partial charge in [-0.2, -0.15) is 5.10 Å². The fraction of sp³-hybridized carbons (Fsp3) is 0.320. The predicted molar refractivity (Wildman–Crippen MR) is 142 cm³/mol. The molecular weight excluding hydrogens is 557 g/mol. The van der Waals surface area contributed by atoms with Crippen molar-refractivity contribution in [3.63, 3.8) is 0 Å². The van der Waals surface area contributed by atoms with Crippen LogP contribution in [0.15, 0.2) is 46.0 Å². The van der Waals surface area contributed by atoms with Gasteiger partial charge in [0.05, 0.1) is 11.2 Å². The van der Waals surface area contributed by atoms with Gasteiger partial charge in [-0.25, -0.2) is 5.43 Å². The molecule has 10 heteroatoms. The summed E-state index contributed by atoms with van der Waals surface area (Å²) >= 11 is 15.4. The zero-order chi connectivity index (χ0) is 26.0. The first-order chi connectivity index (χ1) is 16.6. The van der Waals surface area contributed by atoms with Crippen LogP contribution in [0.2, 0.25) is 10.0 Å². The van der Waals surface area contributed by atoms with Gasteiger partial charge in [-0.3, -0.25) is 9.59 Å². The second-order valence-corrected chi connectivity index (χ2v) is 9.69. The fourth-order valence-corrected chi connectivity index (χ4v) is 3.75. The average molecular weight is 583 g/mol. The van der Waals surface area contributed by atoms with E-state index in [1.165, 1.54) is 12.3 Å². The molecule has 0 unspecified atom stereocenters. The molecule has 0 aromatic heterocycles. The van der Waals surface area contributed by atoms with Crippen LogP contribution in [-0.4, -0.2) is 36.8 Å². The Kier molecular flexibility index (Phi) is 11.4. The van der Waals surface area contributed by atoms with E-state index in [4.69, 9.17) is 39.1 Å². The highest BCUT2D eigenvalue weighted by Gasteiger charge is 2.25. The molecule has 0 radical (unpaired) electrons. The first-order valence-corrected chi connectivity index (χ1v) is 12.3. The largest absolute Gasteiger partial charge is 0.480 e. The van der Waals surface area contributed by atoms with E-state index in [0.29, 0.717) is 28.5 Å². The molecular formula is C25H26BrCl2N3O4. The van der Waals surface area contributed by atoms with Gasteiger partial charge in [-0.15, -0.1) is 6.42 Å². The topological polar surface area (TPSA) is 89.0 Å². The van der Waals surface area contributed by atoms with E-state index in [2.05, 4.69) is 37.7 Å². The summed E-state index contributed by atoms with van der Waals surface area (Å²) in [5.74, 6) is 2.41. The second-order valence-electron chi connectivity index (χ2n) is 7.93. The number of rotatable bonds is 11. The van der Waals surface area contributed by atoms with Gasteiger partial charge in [0.25, 0.3) is 11.8 Å². The lowest BCUT2D eigenvalue weighted by Gasteiger charge is -2.22. The Bertz CT molecular complexity index is 1120. The van der Waals surface area contributed by atoms with Gasteiger partial charge < -0.3 is 14.8 Å². The molecule has 0 aliphatic carbocycles. The number of carbonyl (C=O) groups is 2. The molecule has 2 atom stereocenters. The van der Waals surface area contributed by atoms with E-state index >= 15 is 0 Å². The fourth-order valence-electron chi connectivity index (χ4n) is 2.92.